The number of aromatic nitrogens is 2. The molecule has 8 heteroatoms. The number of carbonyl (C=O) groups is 1. The van der Waals surface area contributed by atoms with Crippen LogP contribution in [0.3, 0.4) is 0 Å². The summed E-state index contributed by atoms with van der Waals surface area (Å²) in [6.45, 7) is 1.30. The van der Waals surface area contributed by atoms with Crippen LogP contribution in [0, 0.1) is 0 Å². The number of ether oxygens (including phenoxy) is 2. The van der Waals surface area contributed by atoms with E-state index >= 15 is 0 Å². The maximum absolute atomic E-state index is 12.1. The van der Waals surface area contributed by atoms with E-state index < -0.39 is 0 Å². The molecule has 0 atom stereocenters. The van der Waals surface area contributed by atoms with E-state index in [9.17, 15) is 4.79 Å². The van der Waals surface area contributed by atoms with Crippen LogP contribution in [0.25, 0.3) is 0 Å². The lowest BCUT2D eigenvalue weighted by Gasteiger charge is -2.12. The second-order valence-corrected chi connectivity index (χ2v) is 5.52. The number of hydrogen-bond donors (Lipinski definition) is 2. The standard InChI is InChI=1S/C17H23N5O3/c1-22(2)10-9-18-16(23)14-7-8-19-17(21-14)20-13-6-5-12(24-3)11-15(13)25-4/h5-8,11H,9-10H2,1-4H3,(H,18,23)(H,19,20,21). The summed E-state index contributed by atoms with van der Waals surface area (Å²) in [4.78, 5) is 22.5. The molecular formula is C17H23N5O3. The molecule has 0 aliphatic rings. The minimum atomic E-state index is -0.242. The van der Waals surface area contributed by atoms with E-state index in [0.717, 1.165) is 6.54 Å². The number of likely N-dealkylation sites (N-methyl/N-ethyl adjacent to an activating group) is 1. The van der Waals surface area contributed by atoms with Gasteiger partial charge in [0.25, 0.3) is 5.91 Å². The van der Waals surface area contributed by atoms with Gasteiger partial charge in [0.2, 0.25) is 5.95 Å². The van der Waals surface area contributed by atoms with E-state index in [-0.39, 0.29) is 5.91 Å². The highest BCUT2D eigenvalue weighted by molar-refractivity contribution is 5.92. The van der Waals surface area contributed by atoms with Gasteiger partial charge in [0, 0.05) is 25.4 Å². The minimum absolute atomic E-state index is 0.242. The number of carbonyl (C=O) groups excluding carboxylic acids is 1. The van der Waals surface area contributed by atoms with Crippen molar-refractivity contribution in [1.82, 2.24) is 20.2 Å². The fourth-order valence-corrected chi connectivity index (χ4v) is 2.05. The van der Waals surface area contributed by atoms with Gasteiger partial charge in [-0.1, -0.05) is 0 Å². The van der Waals surface area contributed by atoms with E-state index in [1.165, 1.54) is 6.20 Å². The van der Waals surface area contributed by atoms with Crippen LogP contribution in [0.4, 0.5) is 11.6 Å². The van der Waals surface area contributed by atoms with Crippen molar-refractivity contribution in [3.63, 3.8) is 0 Å². The topological polar surface area (TPSA) is 88.6 Å². The van der Waals surface area contributed by atoms with Crippen molar-refractivity contribution in [3.8, 4) is 11.5 Å². The van der Waals surface area contributed by atoms with Crippen molar-refractivity contribution in [2.75, 3.05) is 46.7 Å². The summed E-state index contributed by atoms with van der Waals surface area (Å²) in [6.07, 6.45) is 1.53. The highest BCUT2D eigenvalue weighted by Crippen LogP contribution is 2.30. The minimum Gasteiger partial charge on any atom is -0.497 e. The molecule has 0 aliphatic carbocycles. The van der Waals surface area contributed by atoms with Gasteiger partial charge in [-0.2, -0.15) is 0 Å². The van der Waals surface area contributed by atoms with Crippen molar-refractivity contribution >= 4 is 17.5 Å². The van der Waals surface area contributed by atoms with E-state index in [0.29, 0.717) is 35.4 Å². The van der Waals surface area contributed by atoms with Gasteiger partial charge in [0.15, 0.2) is 0 Å². The molecule has 0 fully saturated rings. The number of benzene rings is 1. The molecule has 1 heterocycles. The molecule has 0 spiro atoms. The van der Waals surface area contributed by atoms with Crippen LogP contribution in [0.15, 0.2) is 30.5 Å². The SMILES string of the molecule is COc1ccc(Nc2nccc(C(=O)NCCN(C)C)n2)c(OC)c1. The van der Waals surface area contributed by atoms with E-state index in [2.05, 4.69) is 20.6 Å². The third kappa shape index (κ3) is 5.32. The van der Waals surface area contributed by atoms with Crippen LogP contribution in [0.2, 0.25) is 0 Å². The summed E-state index contributed by atoms with van der Waals surface area (Å²) in [6, 6.07) is 6.91. The van der Waals surface area contributed by atoms with E-state index in [4.69, 9.17) is 9.47 Å². The largest absolute Gasteiger partial charge is 0.497 e. The van der Waals surface area contributed by atoms with Gasteiger partial charge in [-0.15, -0.1) is 0 Å². The van der Waals surface area contributed by atoms with Gasteiger partial charge in [0.1, 0.15) is 17.2 Å². The van der Waals surface area contributed by atoms with Crippen molar-refractivity contribution in [2.45, 2.75) is 0 Å². The van der Waals surface area contributed by atoms with Crippen LogP contribution < -0.4 is 20.1 Å². The lowest BCUT2D eigenvalue weighted by atomic mass is 10.2. The fourth-order valence-electron chi connectivity index (χ4n) is 2.05. The molecule has 134 valence electrons. The predicted octanol–water partition coefficient (Wildman–Crippen LogP) is 1.53. The molecule has 2 aromatic rings. The number of anilines is 2. The summed E-state index contributed by atoms with van der Waals surface area (Å²) < 4.78 is 10.5. The first-order valence-corrected chi connectivity index (χ1v) is 7.78. The summed E-state index contributed by atoms with van der Waals surface area (Å²) >= 11 is 0. The Labute approximate surface area is 147 Å². The molecule has 0 unspecified atom stereocenters. The normalized spacial score (nSPS) is 10.4. The number of hydrogen-bond acceptors (Lipinski definition) is 7. The highest BCUT2D eigenvalue weighted by Gasteiger charge is 2.11. The average molecular weight is 345 g/mol. The van der Waals surface area contributed by atoms with Crippen LogP contribution in [-0.2, 0) is 0 Å². The number of methoxy groups -OCH3 is 2. The first-order chi connectivity index (χ1) is 12.0. The van der Waals surface area contributed by atoms with Crippen molar-refractivity contribution < 1.29 is 14.3 Å². The fraction of sp³-hybridized carbons (Fsp3) is 0.353. The third-order valence-electron chi connectivity index (χ3n) is 3.39. The lowest BCUT2D eigenvalue weighted by Crippen LogP contribution is -2.31. The molecule has 8 nitrogen and oxygen atoms in total. The first-order valence-electron chi connectivity index (χ1n) is 7.78. The van der Waals surface area contributed by atoms with Crippen molar-refractivity contribution in [1.29, 1.82) is 0 Å². The number of amides is 1. The van der Waals surface area contributed by atoms with E-state index in [1.54, 1.807) is 38.5 Å². The molecular weight excluding hydrogens is 322 g/mol. The van der Waals surface area contributed by atoms with Gasteiger partial charge in [0.05, 0.1) is 19.9 Å². The summed E-state index contributed by atoms with van der Waals surface area (Å²) in [5.74, 6) is 1.33. The Morgan fingerprint density at radius 2 is 2.00 bits per heavy atom. The summed E-state index contributed by atoms with van der Waals surface area (Å²) in [5.41, 5.74) is 0.970. The summed E-state index contributed by atoms with van der Waals surface area (Å²) in [5, 5.41) is 5.87. The van der Waals surface area contributed by atoms with Gasteiger partial charge in [-0.25, -0.2) is 9.97 Å². The van der Waals surface area contributed by atoms with Crippen molar-refractivity contribution in [2.24, 2.45) is 0 Å². The third-order valence-corrected chi connectivity index (χ3v) is 3.39. The van der Waals surface area contributed by atoms with Gasteiger partial charge >= 0.3 is 0 Å². The van der Waals surface area contributed by atoms with Crippen molar-refractivity contribution in [3.05, 3.63) is 36.2 Å². The quantitative estimate of drug-likeness (QED) is 0.750. The smallest absolute Gasteiger partial charge is 0.270 e. The molecule has 0 saturated carbocycles. The first kappa shape index (κ1) is 18.5. The molecule has 2 rings (SSSR count). The molecule has 2 N–H and O–H groups in total. The molecule has 1 aromatic heterocycles. The lowest BCUT2D eigenvalue weighted by molar-refractivity contribution is 0.0946. The predicted molar refractivity (Wildman–Crippen MR) is 95.7 cm³/mol. The van der Waals surface area contributed by atoms with Crippen LogP contribution in [-0.4, -0.2) is 62.2 Å². The van der Waals surface area contributed by atoms with Gasteiger partial charge < -0.3 is 25.0 Å². The van der Waals surface area contributed by atoms with Crippen LogP contribution in [0.1, 0.15) is 10.5 Å². The molecule has 0 radical (unpaired) electrons. The number of nitrogens with one attached hydrogen (secondary N) is 2. The van der Waals surface area contributed by atoms with Gasteiger partial charge in [-0.05, 0) is 32.3 Å². The number of rotatable bonds is 8. The monoisotopic (exact) mass is 345 g/mol. The zero-order valence-electron chi connectivity index (χ0n) is 14.9. The van der Waals surface area contributed by atoms with Crippen LogP contribution >= 0.6 is 0 Å². The van der Waals surface area contributed by atoms with Crippen LogP contribution in [0.5, 0.6) is 11.5 Å². The second kappa shape index (κ2) is 8.84. The average Bonchev–Trinajstić information content (AvgIpc) is 2.62. The molecule has 0 saturated heterocycles. The molecule has 1 aromatic carbocycles. The van der Waals surface area contributed by atoms with Gasteiger partial charge in [-0.3, -0.25) is 4.79 Å². The Kier molecular flexibility index (Phi) is 6.53. The second-order valence-electron chi connectivity index (χ2n) is 5.52. The molecule has 25 heavy (non-hydrogen) atoms. The zero-order valence-corrected chi connectivity index (χ0v) is 14.9. The Morgan fingerprint density at radius 1 is 1.20 bits per heavy atom. The molecule has 0 aliphatic heterocycles. The maximum Gasteiger partial charge on any atom is 0.270 e. The molecule has 1 amide bonds. The molecule has 0 bridgehead atoms. The zero-order chi connectivity index (χ0) is 18.2. The van der Waals surface area contributed by atoms with E-state index in [1.807, 2.05) is 19.0 Å². The maximum atomic E-state index is 12.1. The highest BCUT2D eigenvalue weighted by atomic mass is 16.5. The Balaban J connectivity index is 2.10. The Hall–Kier alpha value is -2.87. The number of nitrogens with zero attached hydrogens (tertiary/aromatic N) is 3. The summed E-state index contributed by atoms with van der Waals surface area (Å²) in [7, 11) is 7.04. The Morgan fingerprint density at radius 3 is 2.68 bits per heavy atom. The Bertz CT molecular complexity index is 721.